The van der Waals surface area contributed by atoms with E-state index in [1.165, 1.54) is 49.9 Å². The van der Waals surface area contributed by atoms with Gasteiger partial charge in [0.15, 0.2) is 0 Å². The molecule has 0 aromatic heterocycles. The van der Waals surface area contributed by atoms with Gasteiger partial charge < -0.3 is 42.1 Å². The third kappa shape index (κ3) is 11.4. The Hall–Kier alpha value is -6.79. The highest BCUT2D eigenvalue weighted by molar-refractivity contribution is 6.09. The SMILES string of the molecule is C=CC(=N/C(C)=C(\C)C(=O)N[C@@H](CCN)C(=O)N(C)[C@@H]1C(=O)N[C@@H](C)C(=O)N[C@H](C(=O)NCC#N)Cc2ccc(O)c(c2)-c2cc1ccc2O)c1ccc(CC(C)C)cc1. The van der Waals surface area contributed by atoms with Crippen LogP contribution < -0.4 is 27.0 Å². The van der Waals surface area contributed by atoms with Crippen molar-refractivity contribution in [1.29, 1.82) is 5.26 Å². The Morgan fingerprint density at radius 3 is 2.28 bits per heavy atom. The molecule has 3 aromatic rings. The standard InChI is InChI=1S/C45H54N8O7/c1-8-35(31-12-9-29(10-13-31)21-25(2)3)49-27(5)26(4)41(56)51-36(17-18-46)45(60)53(7)40-32-14-16-39(55)34(24-32)33-22-30(11-15-38(33)54)23-37(43(58)48-20-19-47)52-42(57)28(6)50-44(40)59/h8-16,22,24-25,28,36-37,40,54-55H,1,17-18,20-21,23,46H2,2-7H3,(H,48,58)(H,50,59)(H,51,56)(H,52,57)/b27-26+,49-35?/t28-,36-,37-,40-/m0/s1. The number of benzene rings is 3. The second-order valence-electron chi connectivity index (χ2n) is 15.2. The molecule has 0 unspecified atom stereocenters. The number of hydrogen-bond donors (Lipinski definition) is 7. The minimum atomic E-state index is -1.45. The first kappa shape index (κ1) is 45.9. The molecule has 0 radical (unpaired) electrons. The van der Waals surface area contributed by atoms with Crippen molar-refractivity contribution in [2.24, 2.45) is 16.6 Å². The molecular formula is C45H54N8O7. The highest BCUT2D eigenvalue weighted by Gasteiger charge is 2.36. The number of hydrogen-bond acceptors (Lipinski definition) is 10. The average Bonchev–Trinajstić information content (AvgIpc) is 3.21. The molecule has 1 aliphatic heterocycles. The van der Waals surface area contributed by atoms with Gasteiger partial charge in [0.05, 0.1) is 11.8 Å². The first-order valence-electron chi connectivity index (χ1n) is 19.7. The zero-order chi connectivity index (χ0) is 44.3. The lowest BCUT2D eigenvalue weighted by Gasteiger charge is -2.32. The molecule has 0 aliphatic carbocycles. The summed E-state index contributed by atoms with van der Waals surface area (Å²) < 4.78 is 0. The molecule has 15 heteroatoms. The van der Waals surface area contributed by atoms with Crippen LogP contribution in [0.2, 0.25) is 0 Å². The minimum absolute atomic E-state index is 0.00492. The quantitative estimate of drug-likeness (QED) is 0.0759. The zero-order valence-electron chi connectivity index (χ0n) is 34.8. The predicted octanol–water partition coefficient (Wildman–Crippen LogP) is 3.45. The number of nitrogens with one attached hydrogen (secondary N) is 4. The number of amides is 5. The Balaban J connectivity index is 1.71. The van der Waals surface area contributed by atoms with Crippen LogP contribution in [0.15, 0.2) is 89.6 Å². The number of nitriles is 1. The number of rotatable bonds is 13. The molecule has 316 valence electrons. The molecule has 0 saturated heterocycles. The third-order valence-corrected chi connectivity index (χ3v) is 10.2. The molecule has 1 heterocycles. The second kappa shape index (κ2) is 20.8. The Kier molecular flexibility index (Phi) is 15.9. The number of carbonyl (C=O) groups is 5. The monoisotopic (exact) mass is 818 g/mol. The van der Waals surface area contributed by atoms with Gasteiger partial charge in [-0.15, -0.1) is 0 Å². The van der Waals surface area contributed by atoms with Crippen LogP contribution >= 0.6 is 0 Å². The highest BCUT2D eigenvalue weighted by atomic mass is 16.3. The summed E-state index contributed by atoms with van der Waals surface area (Å²) in [5.41, 5.74) is 10.0. The summed E-state index contributed by atoms with van der Waals surface area (Å²) in [7, 11) is 1.36. The largest absolute Gasteiger partial charge is 0.507 e. The number of likely N-dealkylation sites (N-methyl/N-ethyl adjacent to an activating group) is 1. The van der Waals surface area contributed by atoms with Crippen molar-refractivity contribution in [2.45, 2.75) is 78.0 Å². The second-order valence-corrected chi connectivity index (χ2v) is 15.2. The van der Waals surface area contributed by atoms with E-state index in [0.29, 0.717) is 22.9 Å². The van der Waals surface area contributed by atoms with Crippen molar-refractivity contribution in [3.63, 3.8) is 0 Å². The van der Waals surface area contributed by atoms with E-state index >= 15 is 0 Å². The maximum absolute atomic E-state index is 14.4. The predicted molar refractivity (Wildman–Crippen MR) is 228 cm³/mol. The number of phenols is 2. The lowest BCUT2D eigenvalue weighted by molar-refractivity contribution is -0.142. The minimum Gasteiger partial charge on any atom is -0.507 e. The number of allylic oxidation sites excluding steroid dienone is 2. The summed E-state index contributed by atoms with van der Waals surface area (Å²) in [6, 6.07) is 13.3. The van der Waals surface area contributed by atoms with Gasteiger partial charge in [-0.05, 0) is 93.1 Å². The molecule has 15 nitrogen and oxygen atoms in total. The van der Waals surface area contributed by atoms with Crippen molar-refractivity contribution in [3.8, 4) is 28.7 Å². The van der Waals surface area contributed by atoms with E-state index in [2.05, 4.69) is 46.7 Å². The van der Waals surface area contributed by atoms with E-state index in [4.69, 9.17) is 11.0 Å². The lowest BCUT2D eigenvalue weighted by Crippen LogP contribution is -2.56. The normalized spacial score (nSPS) is 17.8. The molecule has 4 rings (SSSR count). The number of fused-ring (bicyclic) bond motifs is 5. The highest BCUT2D eigenvalue weighted by Crippen LogP contribution is 2.39. The Morgan fingerprint density at radius 2 is 1.67 bits per heavy atom. The van der Waals surface area contributed by atoms with Gasteiger partial charge in [0.1, 0.15) is 42.2 Å². The smallest absolute Gasteiger partial charge is 0.249 e. The molecule has 0 spiro atoms. The van der Waals surface area contributed by atoms with Crippen molar-refractivity contribution < 1.29 is 34.2 Å². The molecule has 0 saturated carbocycles. The number of phenolic OH excluding ortho intramolecular Hbond substituents is 2. The van der Waals surface area contributed by atoms with Crippen LogP contribution in [0.25, 0.3) is 11.1 Å². The van der Waals surface area contributed by atoms with Crippen LogP contribution in [0, 0.1) is 17.2 Å². The molecule has 60 heavy (non-hydrogen) atoms. The maximum Gasteiger partial charge on any atom is 0.249 e. The lowest BCUT2D eigenvalue weighted by atomic mass is 9.93. The van der Waals surface area contributed by atoms with Gasteiger partial charge in [-0.3, -0.25) is 29.0 Å². The number of nitrogens with zero attached hydrogens (tertiary/aromatic N) is 3. The van der Waals surface area contributed by atoms with Gasteiger partial charge in [-0.1, -0.05) is 56.8 Å². The summed E-state index contributed by atoms with van der Waals surface area (Å²) in [6.45, 7) is 12.5. The van der Waals surface area contributed by atoms with Crippen molar-refractivity contribution in [2.75, 3.05) is 20.1 Å². The maximum atomic E-state index is 14.4. The van der Waals surface area contributed by atoms with Crippen LogP contribution in [0.3, 0.4) is 0 Å². The summed E-state index contributed by atoms with van der Waals surface area (Å²) in [5.74, 6) is -3.47. The van der Waals surface area contributed by atoms with Crippen LogP contribution in [-0.4, -0.2) is 88.6 Å². The average molecular weight is 819 g/mol. The topological polar surface area (TPSA) is 239 Å². The van der Waals surface area contributed by atoms with E-state index < -0.39 is 53.7 Å². The summed E-state index contributed by atoms with van der Waals surface area (Å²) in [4.78, 5) is 74.7. The molecule has 5 amide bonds. The number of carbonyl (C=O) groups excluding carboxylic acids is 5. The summed E-state index contributed by atoms with van der Waals surface area (Å²) in [5, 5.41) is 41.4. The zero-order valence-corrected chi connectivity index (χ0v) is 34.8. The Labute approximate surface area is 350 Å². The van der Waals surface area contributed by atoms with E-state index in [1.54, 1.807) is 26.0 Å². The fourth-order valence-electron chi connectivity index (χ4n) is 6.77. The number of nitrogens with two attached hydrogens (primary N) is 1. The van der Waals surface area contributed by atoms with Crippen LogP contribution in [0.4, 0.5) is 0 Å². The van der Waals surface area contributed by atoms with Crippen LogP contribution in [-0.2, 0) is 36.8 Å². The third-order valence-electron chi connectivity index (χ3n) is 10.2. The van der Waals surface area contributed by atoms with E-state index in [9.17, 15) is 34.2 Å². The number of aromatic hydroxyl groups is 2. The Bertz CT molecular complexity index is 2220. The molecule has 0 fully saturated rings. The molecule has 3 aromatic carbocycles. The van der Waals surface area contributed by atoms with Crippen molar-refractivity contribution in [1.82, 2.24) is 26.2 Å². The van der Waals surface area contributed by atoms with E-state index in [-0.39, 0.29) is 59.7 Å². The fraction of sp³-hybridized carbons (Fsp3) is 0.356. The summed E-state index contributed by atoms with van der Waals surface area (Å²) in [6.07, 6.45) is 2.46. The van der Waals surface area contributed by atoms with Gasteiger partial charge >= 0.3 is 0 Å². The van der Waals surface area contributed by atoms with Gasteiger partial charge in [0.2, 0.25) is 29.5 Å². The van der Waals surface area contributed by atoms with Gasteiger partial charge in [0, 0.05) is 41.4 Å². The summed E-state index contributed by atoms with van der Waals surface area (Å²) >= 11 is 0. The number of aliphatic imine (C=N–C) groups is 1. The first-order chi connectivity index (χ1) is 28.5. The van der Waals surface area contributed by atoms with Crippen LogP contribution in [0.5, 0.6) is 11.5 Å². The molecule has 4 atom stereocenters. The Morgan fingerprint density at radius 1 is 1.02 bits per heavy atom. The van der Waals surface area contributed by atoms with Gasteiger partial charge in [0.25, 0.3) is 0 Å². The van der Waals surface area contributed by atoms with E-state index in [1.807, 2.05) is 30.3 Å². The first-order valence-corrected chi connectivity index (χ1v) is 19.7. The molecular weight excluding hydrogens is 765 g/mol. The van der Waals surface area contributed by atoms with Gasteiger partial charge in [-0.25, -0.2) is 0 Å². The van der Waals surface area contributed by atoms with Crippen molar-refractivity contribution >= 4 is 35.2 Å². The van der Waals surface area contributed by atoms with Crippen LogP contribution in [0.1, 0.15) is 69.3 Å². The molecule has 8 N–H and O–H groups in total. The van der Waals surface area contributed by atoms with Gasteiger partial charge in [-0.2, -0.15) is 5.26 Å². The van der Waals surface area contributed by atoms with Crippen molar-refractivity contribution in [3.05, 3.63) is 107 Å². The molecule has 4 bridgehead atoms. The molecule has 1 aliphatic rings. The van der Waals surface area contributed by atoms with E-state index in [0.717, 1.165) is 16.9 Å². The fourth-order valence-corrected chi connectivity index (χ4v) is 6.77.